The van der Waals surface area contributed by atoms with E-state index in [1.54, 1.807) is 18.2 Å². The van der Waals surface area contributed by atoms with Gasteiger partial charge in [-0.25, -0.2) is 8.42 Å². The molecule has 2 rings (SSSR count). The Hall–Kier alpha value is -1.70. The quantitative estimate of drug-likeness (QED) is 0.740. The minimum absolute atomic E-state index is 0.186. The molecule has 0 aliphatic carbocycles. The number of likely N-dealkylation sites (N-methyl/N-ethyl adjacent to an activating group) is 1. The number of carbonyl (C=O) groups is 1. The van der Waals surface area contributed by atoms with Crippen molar-refractivity contribution in [1.82, 2.24) is 14.9 Å². The van der Waals surface area contributed by atoms with E-state index in [4.69, 9.17) is 0 Å². The summed E-state index contributed by atoms with van der Waals surface area (Å²) in [6.07, 6.45) is 2.95. The second-order valence-corrected chi connectivity index (χ2v) is 7.21. The van der Waals surface area contributed by atoms with Crippen LogP contribution in [0.2, 0.25) is 0 Å². The summed E-state index contributed by atoms with van der Waals surface area (Å²) in [7, 11) is -2.22. The van der Waals surface area contributed by atoms with Gasteiger partial charge in [-0.2, -0.15) is 4.31 Å². The molecular weight excluding hydrogens is 302 g/mol. The maximum Gasteiger partial charge on any atom is 0.243 e. The fraction of sp³-hybridized carbons (Fsp3) is 0.400. The van der Waals surface area contributed by atoms with E-state index >= 15 is 0 Å². The summed E-state index contributed by atoms with van der Waals surface area (Å²) in [6.45, 7) is 2.00. The highest BCUT2D eigenvalue weighted by molar-refractivity contribution is 7.89. The van der Waals surface area contributed by atoms with Crippen molar-refractivity contribution in [3.63, 3.8) is 0 Å². The van der Waals surface area contributed by atoms with Crippen molar-refractivity contribution in [2.45, 2.75) is 11.3 Å². The summed E-state index contributed by atoms with van der Waals surface area (Å²) in [6, 6.07) is 8.10. The first-order valence-corrected chi connectivity index (χ1v) is 8.61. The molecule has 120 valence electrons. The standard InChI is InChI=1S/C15H21N3O3S/c1-18(22(20,21)14-5-3-2-4-6-14)12-15(19)17-11-13-7-9-16-10-8-13/h2-7,16H,8-12H2,1H3,(H,17,19). The van der Waals surface area contributed by atoms with Gasteiger partial charge in [-0.1, -0.05) is 29.8 Å². The Labute approximate surface area is 131 Å². The van der Waals surface area contributed by atoms with E-state index < -0.39 is 10.0 Å². The van der Waals surface area contributed by atoms with Gasteiger partial charge in [0, 0.05) is 20.1 Å². The molecule has 0 radical (unpaired) electrons. The normalized spacial score (nSPS) is 15.5. The molecule has 0 fully saturated rings. The molecule has 0 saturated heterocycles. The Morgan fingerprint density at radius 1 is 1.32 bits per heavy atom. The number of hydrogen-bond acceptors (Lipinski definition) is 4. The van der Waals surface area contributed by atoms with E-state index in [9.17, 15) is 13.2 Å². The van der Waals surface area contributed by atoms with Crippen molar-refractivity contribution in [3.05, 3.63) is 42.0 Å². The summed E-state index contributed by atoms with van der Waals surface area (Å²) in [4.78, 5) is 12.1. The fourth-order valence-electron chi connectivity index (χ4n) is 2.16. The predicted octanol–water partition coefficient (Wildman–Crippen LogP) is 0.343. The number of rotatable bonds is 6. The zero-order chi connectivity index (χ0) is 16.0. The molecule has 0 aromatic heterocycles. The highest BCUT2D eigenvalue weighted by atomic mass is 32.2. The zero-order valence-electron chi connectivity index (χ0n) is 12.6. The summed E-state index contributed by atoms with van der Waals surface area (Å²) in [5.41, 5.74) is 1.17. The molecule has 1 aliphatic heterocycles. The zero-order valence-corrected chi connectivity index (χ0v) is 13.4. The molecule has 1 heterocycles. The lowest BCUT2D eigenvalue weighted by molar-refractivity contribution is -0.120. The SMILES string of the molecule is CN(CC(=O)NCC1=CCNCC1)S(=O)(=O)c1ccccc1. The van der Waals surface area contributed by atoms with E-state index in [1.165, 1.54) is 24.8 Å². The minimum atomic E-state index is -3.63. The van der Waals surface area contributed by atoms with Crippen molar-refractivity contribution in [2.75, 3.05) is 33.2 Å². The van der Waals surface area contributed by atoms with Gasteiger partial charge in [-0.05, 0) is 25.1 Å². The van der Waals surface area contributed by atoms with Crippen molar-refractivity contribution in [3.8, 4) is 0 Å². The van der Waals surface area contributed by atoms with Gasteiger partial charge in [-0.3, -0.25) is 4.79 Å². The van der Waals surface area contributed by atoms with Crippen LogP contribution in [0, 0.1) is 0 Å². The first-order chi connectivity index (χ1) is 10.5. The molecule has 1 aliphatic rings. The number of carbonyl (C=O) groups excluding carboxylic acids is 1. The molecule has 0 saturated carbocycles. The number of benzene rings is 1. The smallest absolute Gasteiger partial charge is 0.243 e. The van der Waals surface area contributed by atoms with Crippen LogP contribution < -0.4 is 10.6 Å². The van der Waals surface area contributed by atoms with Crippen LogP contribution in [0.1, 0.15) is 6.42 Å². The van der Waals surface area contributed by atoms with Crippen molar-refractivity contribution >= 4 is 15.9 Å². The molecule has 1 amide bonds. The highest BCUT2D eigenvalue weighted by Crippen LogP contribution is 2.12. The average Bonchev–Trinajstić information content (AvgIpc) is 2.54. The Morgan fingerprint density at radius 2 is 2.05 bits per heavy atom. The average molecular weight is 323 g/mol. The maximum atomic E-state index is 12.3. The number of nitrogens with one attached hydrogen (secondary N) is 2. The number of nitrogens with zero attached hydrogens (tertiary/aromatic N) is 1. The molecule has 0 spiro atoms. The summed E-state index contributed by atoms with van der Waals surface area (Å²) in [5.74, 6) is -0.304. The monoisotopic (exact) mass is 323 g/mol. The lowest BCUT2D eigenvalue weighted by Crippen LogP contribution is -2.39. The molecule has 1 aromatic carbocycles. The van der Waals surface area contributed by atoms with Crippen molar-refractivity contribution in [1.29, 1.82) is 0 Å². The highest BCUT2D eigenvalue weighted by Gasteiger charge is 2.22. The van der Waals surface area contributed by atoms with Gasteiger partial charge >= 0.3 is 0 Å². The van der Waals surface area contributed by atoms with Crippen LogP contribution in [0.25, 0.3) is 0 Å². The van der Waals surface area contributed by atoms with Crippen LogP contribution in [0.15, 0.2) is 46.9 Å². The van der Waals surface area contributed by atoms with Gasteiger partial charge in [0.05, 0.1) is 11.4 Å². The fourth-order valence-corrected chi connectivity index (χ4v) is 3.31. The molecule has 6 nitrogen and oxygen atoms in total. The third-order valence-electron chi connectivity index (χ3n) is 3.49. The molecule has 1 aromatic rings. The van der Waals surface area contributed by atoms with Gasteiger partial charge in [0.25, 0.3) is 0 Å². The van der Waals surface area contributed by atoms with Crippen LogP contribution >= 0.6 is 0 Å². The van der Waals surface area contributed by atoms with E-state index in [2.05, 4.69) is 10.6 Å². The van der Waals surface area contributed by atoms with Gasteiger partial charge in [0.15, 0.2) is 0 Å². The van der Waals surface area contributed by atoms with E-state index in [-0.39, 0.29) is 17.3 Å². The summed E-state index contributed by atoms with van der Waals surface area (Å²) >= 11 is 0. The summed E-state index contributed by atoms with van der Waals surface area (Å²) in [5, 5.41) is 5.96. The van der Waals surface area contributed by atoms with Crippen LogP contribution in [-0.2, 0) is 14.8 Å². The molecule has 0 atom stereocenters. The van der Waals surface area contributed by atoms with Gasteiger partial charge in [0.2, 0.25) is 15.9 Å². The molecule has 7 heteroatoms. The number of amides is 1. The topological polar surface area (TPSA) is 78.5 Å². The first-order valence-electron chi connectivity index (χ1n) is 7.17. The molecule has 0 unspecified atom stereocenters. The maximum absolute atomic E-state index is 12.3. The Bertz CT molecular complexity index is 641. The number of hydrogen-bond donors (Lipinski definition) is 2. The largest absolute Gasteiger partial charge is 0.351 e. The molecule has 22 heavy (non-hydrogen) atoms. The molecule has 2 N–H and O–H groups in total. The van der Waals surface area contributed by atoms with Gasteiger partial charge < -0.3 is 10.6 Å². The second-order valence-electron chi connectivity index (χ2n) is 5.17. The minimum Gasteiger partial charge on any atom is -0.351 e. The van der Waals surface area contributed by atoms with Crippen LogP contribution in [0.4, 0.5) is 0 Å². The Balaban J connectivity index is 1.89. The van der Waals surface area contributed by atoms with Crippen LogP contribution in [-0.4, -0.2) is 51.9 Å². The van der Waals surface area contributed by atoms with Gasteiger partial charge in [-0.15, -0.1) is 0 Å². The third-order valence-corrected chi connectivity index (χ3v) is 5.31. The number of sulfonamides is 1. The van der Waals surface area contributed by atoms with E-state index in [0.717, 1.165) is 23.8 Å². The predicted molar refractivity (Wildman–Crippen MR) is 84.8 cm³/mol. The van der Waals surface area contributed by atoms with Crippen molar-refractivity contribution < 1.29 is 13.2 Å². The molecular formula is C15H21N3O3S. The van der Waals surface area contributed by atoms with Crippen LogP contribution in [0.3, 0.4) is 0 Å². The molecule has 0 bridgehead atoms. The Morgan fingerprint density at radius 3 is 2.68 bits per heavy atom. The van der Waals surface area contributed by atoms with Crippen molar-refractivity contribution in [2.24, 2.45) is 0 Å². The Kier molecular flexibility index (Phi) is 5.70. The van der Waals surface area contributed by atoms with E-state index in [1.807, 2.05) is 6.08 Å². The lowest BCUT2D eigenvalue weighted by atomic mass is 10.1. The first kappa shape index (κ1) is 16.7. The van der Waals surface area contributed by atoms with Gasteiger partial charge in [0.1, 0.15) is 0 Å². The van der Waals surface area contributed by atoms with Crippen LogP contribution in [0.5, 0.6) is 0 Å². The second kappa shape index (κ2) is 7.53. The third kappa shape index (κ3) is 4.40. The van der Waals surface area contributed by atoms with E-state index in [0.29, 0.717) is 6.54 Å². The summed E-state index contributed by atoms with van der Waals surface area (Å²) < 4.78 is 25.7. The lowest BCUT2D eigenvalue weighted by Gasteiger charge is -2.18.